The molecule has 5 aliphatic heterocycles. The maximum absolute atomic E-state index is 15.3. The molecule has 91 heavy (non-hydrogen) atoms. The van der Waals surface area contributed by atoms with Crippen molar-refractivity contribution >= 4 is 17.9 Å². The van der Waals surface area contributed by atoms with Gasteiger partial charge in [0.2, 0.25) is 6.29 Å². The largest absolute Gasteiger partial charge is 0.463 e. The summed E-state index contributed by atoms with van der Waals surface area (Å²) >= 11 is 0. The van der Waals surface area contributed by atoms with Gasteiger partial charge in [0.05, 0.1) is 43.5 Å². The summed E-state index contributed by atoms with van der Waals surface area (Å²) in [5.74, 6) is -2.52. The van der Waals surface area contributed by atoms with E-state index in [4.69, 9.17) is 56.8 Å². The first-order chi connectivity index (χ1) is 42.6. The van der Waals surface area contributed by atoms with E-state index in [2.05, 4.69) is 40.7 Å². The van der Waals surface area contributed by atoms with Crippen LogP contribution in [0.15, 0.2) is 11.6 Å². The second-order valence-corrected chi connectivity index (χ2v) is 29.7. The number of carbonyl (C=O) groups is 3. The third-order valence-electron chi connectivity index (χ3n) is 23.7. The van der Waals surface area contributed by atoms with E-state index in [1.54, 1.807) is 0 Å². The Balaban J connectivity index is 0.834. The smallest absolute Gasteiger partial charge is 0.315 e. The highest BCUT2D eigenvalue weighted by Gasteiger charge is 2.71. The number of aliphatic hydroxyl groups is 13. The van der Waals surface area contributed by atoms with Crippen molar-refractivity contribution < 1.29 is 138 Å². The Hall–Kier alpha value is -2.73. The summed E-state index contributed by atoms with van der Waals surface area (Å²) in [5.41, 5.74) is -2.06. The van der Waals surface area contributed by atoms with Gasteiger partial charge in [0.15, 0.2) is 31.3 Å². The van der Waals surface area contributed by atoms with Gasteiger partial charge in [-0.05, 0) is 117 Å². The highest BCUT2D eigenvalue weighted by molar-refractivity contribution is 5.79. The SMILES string of the molecule is CC(=O)OC[C@H]1O[C@@H](OC[C@H]2O[C@@H](OC(=O)[C@]34CCC(C)(C)C[C@H]3C3=CC[C@@H]5[C@@]6(C)CC[C@H](O[C@@H]7OC[C@H](O)[C@H](O)[C@H]7O[C@@H]7O[C@@H](C)[C@H](O)[C@@H](O)[C@H]7O)[C@@](C)(CO)[C@@H]6CC[C@@]5(C)[C@]3(C)CC4)[C@H](O)[C@@H](O)[C@@H]2O)[C@H](O)[C@@H](O)[C@@H]1O[C@@H]1O[C@@H](C)[C@H](O)[C@@H](OC(C)=O)[C@H]1O. The van der Waals surface area contributed by atoms with Crippen molar-refractivity contribution in [3.05, 3.63) is 11.6 Å². The van der Waals surface area contributed by atoms with Crippen LogP contribution in [0.5, 0.6) is 0 Å². The molecule has 5 heterocycles. The predicted octanol–water partition coefficient (Wildman–Crippen LogP) is -1.40. The number of aliphatic hydroxyl groups excluding tert-OH is 13. The van der Waals surface area contributed by atoms with Crippen molar-refractivity contribution in [3.8, 4) is 0 Å². The molecule has 0 bridgehead atoms. The van der Waals surface area contributed by atoms with Gasteiger partial charge in [-0.25, -0.2) is 0 Å². The van der Waals surface area contributed by atoms with E-state index >= 15 is 4.79 Å². The van der Waals surface area contributed by atoms with Crippen LogP contribution in [0.4, 0.5) is 0 Å². The highest BCUT2D eigenvalue weighted by Crippen LogP contribution is 2.76. The third kappa shape index (κ3) is 12.6. The Morgan fingerprint density at radius 2 is 1.16 bits per heavy atom. The average molecular weight is 1310 g/mol. The molecule has 0 spiro atoms. The van der Waals surface area contributed by atoms with E-state index < -0.39 is 201 Å². The number of esters is 3. The van der Waals surface area contributed by atoms with Crippen molar-refractivity contribution in [1.29, 1.82) is 0 Å². The number of hydrogen-bond acceptors (Lipinski definition) is 28. The van der Waals surface area contributed by atoms with Gasteiger partial charge >= 0.3 is 17.9 Å². The normalized spacial score (nSPS) is 52.2. The molecule has 0 unspecified atom stereocenters. The van der Waals surface area contributed by atoms with Crippen LogP contribution in [-0.4, -0.2) is 264 Å². The van der Waals surface area contributed by atoms with Crippen LogP contribution < -0.4 is 0 Å². The maximum Gasteiger partial charge on any atom is 0.315 e. The molecule has 33 atom stereocenters. The number of carbonyl (C=O) groups excluding carboxylic acids is 3. The molecule has 9 fully saturated rings. The summed E-state index contributed by atoms with van der Waals surface area (Å²) in [6, 6.07) is 0. The lowest BCUT2D eigenvalue weighted by Gasteiger charge is -2.71. The summed E-state index contributed by atoms with van der Waals surface area (Å²) in [4.78, 5) is 39.2. The predicted molar refractivity (Wildman–Crippen MR) is 307 cm³/mol. The van der Waals surface area contributed by atoms with Gasteiger partial charge < -0.3 is 123 Å². The molecule has 520 valence electrons. The molecule has 0 radical (unpaired) electrons. The number of rotatable bonds is 15. The minimum Gasteiger partial charge on any atom is -0.463 e. The van der Waals surface area contributed by atoms with Gasteiger partial charge in [0.25, 0.3) is 0 Å². The summed E-state index contributed by atoms with van der Waals surface area (Å²) < 4.78 is 70.6. The van der Waals surface area contributed by atoms with Gasteiger partial charge in [-0.15, -0.1) is 0 Å². The molecule has 5 saturated heterocycles. The van der Waals surface area contributed by atoms with E-state index in [1.807, 2.05) is 6.92 Å². The third-order valence-corrected chi connectivity index (χ3v) is 23.7. The van der Waals surface area contributed by atoms with Crippen LogP contribution in [0, 0.1) is 50.2 Å². The zero-order valence-corrected chi connectivity index (χ0v) is 53.6. The van der Waals surface area contributed by atoms with Crippen molar-refractivity contribution in [2.75, 3.05) is 26.4 Å². The number of fused-ring (bicyclic) bond motifs is 7. The van der Waals surface area contributed by atoms with Crippen molar-refractivity contribution in [3.63, 3.8) is 0 Å². The van der Waals surface area contributed by atoms with Crippen LogP contribution in [0.1, 0.15) is 133 Å². The highest BCUT2D eigenvalue weighted by atomic mass is 16.8. The molecule has 5 aliphatic carbocycles. The molecule has 0 aromatic heterocycles. The summed E-state index contributed by atoms with van der Waals surface area (Å²) in [5, 5.41) is 144. The topological polar surface area (TPSA) is 425 Å². The molecule has 0 amide bonds. The van der Waals surface area contributed by atoms with Crippen LogP contribution in [0.25, 0.3) is 0 Å². The first-order valence-electron chi connectivity index (χ1n) is 32.4. The van der Waals surface area contributed by atoms with Crippen molar-refractivity contribution in [2.24, 2.45) is 50.2 Å². The van der Waals surface area contributed by atoms with E-state index in [0.29, 0.717) is 57.8 Å². The van der Waals surface area contributed by atoms with E-state index in [1.165, 1.54) is 13.8 Å². The fourth-order valence-electron chi connectivity index (χ4n) is 18.0. The summed E-state index contributed by atoms with van der Waals surface area (Å²) in [6.45, 7) is 16.6. The van der Waals surface area contributed by atoms with E-state index in [-0.39, 0.29) is 47.2 Å². The number of hydrogen-bond donors (Lipinski definition) is 13. The second-order valence-electron chi connectivity index (χ2n) is 29.7. The minimum absolute atomic E-state index is 0.0801. The zero-order valence-electron chi connectivity index (χ0n) is 53.6. The molecule has 28 heteroatoms. The lowest BCUT2D eigenvalue weighted by molar-refractivity contribution is -0.365. The first-order valence-corrected chi connectivity index (χ1v) is 32.4. The van der Waals surface area contributed by atoms with Crippen molar-refractivity contribution in [1.82, 2.24) is 0 Å². The average Bonchev–Trinajstić information content (AvgIpc) is 0.676. The number of allylic oxidation sites excluding steroid dienone is 2. The van der Waals surface area contributed by atoms with Gasteiger partial charge in [0.1, 0.15) is 104 Å². The molecular formula is C63H100O28. The second kappa shape index (κ2) is 26.6. The van der Waals surface area contributed by atoms with E-state index in [9.17, 15) is 76.0 Å². The van der Waals surface area contributed by atoms with Crippen LogP contribution >= 0.6 is 0 Å². The van der Waals surface area contributed by atoms with Crippen LogP contribution in [0.3, 0.4) is 0 Å². The Bertz CT molecular complexity index is 2610. The molecule has 13 N–H and O–H groups in total. The molecular weight excluding hydrogens is 1200 g/mol. The first kappa shape index (κ1) is 71.1. The quantitative estimate of drug-likeness (QED) is 0.0388. The molecule has 0 aromatic rings. The molecule has 10 rings (SSSR count). The number of ether oxygens (including phenoxy) is 12. The fraction of sp³-hybridized carbons (Fsp3) is 0.921. The maximum atomic E-state index is 15.3. The Morgan fingerprint density at radius 3 is 1.84 bits per heavy atom. The fourth-order valence-corrected chi connectivity index (χ4v) is 18.0. The molecule has 4 saturated carbocycles. The lowest BCUT2D eigenvalue weighted by Crippen LogP contribution is -2.67. The Morgan fingerprint density at radius 1 is 0.549 bits per heavy atom. The van der Waals surface area contributed by atoms with Crippen LogP contribution in [-0.2, 0) is 71.2 Å². The molecule has 28 nitrogen and oxygen atoms in total. The zero-order chi connectivity index (χ0) is 66.6. The monoisotopic (exact) mass is 1300 g/mol. The Kier molecular flexibility index (Phi) is 20.8. The van der Waals surface area contributed by atoms with Gasteiger partial charge in [-0.1, -0.05) is 53.2 Å². The standard InChI is InChI=1S/C63H100O28/c1-26-38(68)42(72)45(75)53(83-26)90-51-40(70)32(67)22-81-56(51)88-37-14-15-59(7)35(60(37,8)25-64)13-16-62(10)36(59)12-11-30-31-21-58(5,6)17-19-63(31,20-18-61(30,62)9)57(79)91-54-46(76)43(73)41(71)33(86-54)23-82-52-47(77)44(74)49(34(87-52)24-80-28(3)65)89-55-48(78)50(85-29(4)66)39(69)27(2)84-55/h11,26-27,31-56,64,67-78H,12-25H2,1-10H3/t26-,27-,31-,32-,33+,34+,35+,36+,37-,38-,39-,40-,41+,42+,43-,44+,45+,46+,47+,48+,49+,50+,51+,52+,53-,54-,55-,56-,59-,60-,61+,62+,63-/m0/s1. The van der Waals surface area contributed by atoms with E-state index in [0.717, 1.165) is 25.8 Å². The van der Waals surface area contributed by atoms with Gasteiger partial charge in [0, 0.05) is 19.3 Å². The van der Waals surface area contributed by atoms with Crippen molar-refractivity contribution in [2.45, 2.75) is 287 Å². The summed E-state index contributed by atoms with van der Waals surface area (Å²) in [7, 11) is 0. The summed E-state index contributed by atoms with van der Waals surface area (Å²) in [6.07, 6.45) is -30.3. The van der Waals surface area contributed by atoms with Gasteiger partial charge in [-0.2, -0.15) is 0 Å². The Labute approximate surface area is 529 Å². The molecule has 0 aromatic carbocycles. The van der Waals surface area contributed by atoms with Gasteiger partial charge in [-0.3, -0.25) is 14.4 Å². The minimum atomic E-state index is -1.95. The van der Waals surface area contributed by atoms with Crippen LogP contribution in [0.2, 0.25) is 0 Å². The lowest BCUT2D eigenvalue weighted by atomic mass is 9.33. The molecule has 10 aliphatic rings.